The molecule has 0 nitrogen and oxygen atoms in total. The molecule has 3 heteroatoms. The van der Waals surface area contributed by atoms with Crippen LogP contribution in [-0.4, -0.2) is 0 Å². The Morgan fingerprint density at radius 1 is 1.24 bits per heavy atom. The van der Waals surface area contributed by atoms with E-state index in [-0.39, 0.29) is 24.8 Å². The molecule has 17 heavy (non-hydrogen) atoms. The topological polar surface area (TPSA) is 0 Å². The van der Waals surface area contributed by atoms with Gasteiger partial charge in [-0.15, -0.1) is 0 Å². The van der Waals surface area contributed by atoms with Crippen LogP contribution >= 0.6 is 0 Å². The van der Waals surface area contributed by atoms with Crippen molar-refractivity contribution in [1.29, 1.82) is 0 Å². The van der Waals surface area contributed by atoms with Crippen molar-refractivity contribution in [2.75, 3.05) is 0 Å². The van der Waals surface area contributed by atoms with Gasteiger partial charge in [-0.2, -0.15) is 0 Å². The van der Waals surface area contributed by atoms with Gasteiger partial charge in [0.25, 0.3) is 0 Å². The van der Waals surface area contributed by atoms with Crippen molar-refractivity contribution in [2.45, 2.75) is 27.2 Å². The molecular weight excluding hydrogens is 330 g/mol. The summed E-state index contributed by atoms with van der Waals surface area (Å²) >= 11 is 1.53. The molecule has 0 spiro atoms. The molecule has 2 aliphatic carbocycles. The number of halogens is 2. The molecule has 2 rings (SSSR count). The maximum Gasteiger partial charge on any atom is -1.00 e. The molecule has 0 aromatic heterocycles. The van der Waals surface area contributed by atoms with Crippen LogP contribution in [0.4, 0.5) is 0 Å². The van der Waals surface area contributed by atoms with Crippen molar-refractivity contribution < 1.29 is 49.5 Å². The maximum atomic E-state index is 2.37. The van der Waals surface area contributed by atoms with Gasteiger partial charge in [-0.05, 0) is 0 Å². The van der Waals surface area contributed by atoms with E-state index in [0.29, 0.717) is 0 Å². The average molecular weight is 345 g/mol. The van der Waals surface area contributed by atoms with E-state index < -0.39 is 0 Å². The Hall–Kier alpha value is 0.163. The molecule has 2 aliphatic rings. The Labute approximate surface area is 131 Å². The SMILES string of the molecule is CC(C)=C1C=C(C2=CC=CC2)C(C)=[C]1[Zr+2].[Cl-].[Cl-]. The first-order valence-electron chi connectivity index (χ1n) is 5.29. The summed E-state index contributed by atoms with van der Waals surface area (Å²) in [6.07, 6.45) is 10.1. The van der Waals surface area contributed by atoms with Crippen molar-refractivity contribution in [1.82, 2.24) is 0 Å². The van der Waals surface area contributed by atoms with E-state index in [2.05, 4.69) is 45.1 Å². The van der Waals surface area contributed by atoms with Crippen LogP contribution in [0.1, 0.15) is 27.2 Å². The number of hydrogen-bond acceptors (Lipinski definition) is 0. The Morgan fingerprint density at radius 3 is 2.29 bits per heavy atom. The van der Waals surface area contributed by atoms with Crippen LogP contribution in [0.15, 0.2) is 55.5 Å². The van der Waals surface area contributed by atoms with Crippen LogP contribution in [-0.2, 0) is 24.7 Å². The third-order valence-corrected chi connectivity index (χ3v) is 4.58. The third-order valence-electron chi connectivity index (χ3n) is 2.99. The monoisotopic (exact) mass is 343 g/mol. The zero-order chi connectivity index (χ0) is 11.0. The molecule has 0 radical (unpaired) electrons. The first kappa shape index (κ1) is 17.2. The molecule has 89 valence electrons. The second kappa shape index (κ2) is 6.93. The van der Waals surface area contributed by atoms with E-state index in [1.165, 1.54) is 55.9 Å². The maximum absolute atomic E-state index is 2.37. The minimum absolute atomic E-state index is 0. The Balaban J connectivity index is 0.00000128. The van der Waals surface area contributed by atoms with Crippen LogP contribution < -0.4 is 24.8 Å². The summed E-state index contributed by atoms with van der Waals surface area (Å²) in [7, 11) is 0. The molecule has 0 bridgehead atoms. The molecule has 0 N–H and O–H groups in total. The van der Waals surface area contributed by atoms with Crippen LogP contribution in [0.2, 0.25) is 0 Å². The van der Waals surface area contributed by atoms with Gasteiger partial charge in [-0.3, -0.25) is 0 Å². The Bertz CT molecular complexity index is 459. The Morgan fingerprint density at radius 2 is 1.88 bits per heavy atom. The van der Waals surface area contributed by atoms with Gasteiger partial charge >= 0.3 is 107 Å². The summed E-state index contributed by atoms with van der Waals surface area (Å²) in [5.41, 5.74) is 7.32. The van der Waals surface area contributed by atoms with Gasteiger partial charge in [0, 0.05) is 0 Å². The van der Waals surface area contributed by atoms with Crippen LogP contribution in [0.25, 0.3) is 0 Å². The van der Waals surface area contributed by atoms with Crippen LogP contribution in [0, 0.1) is 0 Å². The Kier molecular flexibility index (Phi) is 6.99. The normalized spacial score (nSPS) is 17.6. The second-order valence-electron chi connectivity index (χ2n) is 4.30. The van der Waals surface area contributed by atoms with Gasteiger partial charge in [-0.1, -0.05) is 0 Å². The molecule has 0 aromatic rings. The van der Waals surface area contributed by atoms with Gasteiger partial charge in [0.05, 0.1) is 0 Å². The summed E-state index contributed by atoms with van der Waals surface area (Å²) in [5, 5.41) is 0. The molecule has 0 atom stereocenters. The van der Waals surface area contributed by atoms with Gasteiger partial charge in [0.15, 0.2) is 0 Å². The summed E-state index contributed by atoms with van der Waals surface area (Å²) in [6, 6.07) is 0. The molecule has 0 heterocycles. The van der Waals surface area contributed by atoms with Gasteiger partial charge < -0.3 is 24.8 Å². The van der Waals surface area contributed by atoms with Gasteiger partial charge in [0.1, 0.15) is 0 Å². The summed E-state index contributed by atoms with van der Waals surface area (Å²) in [6.45, 7) is 6.66. The smallest absolute Gasteiger partial charge is 1.00 e. The van der Waals surface area contributed by atoms with Crippen molar-refractivity contribution >= 4 is 0 Å². The summed E-state index contributed by atoms with van der Waals surface area (Å²) < 4.78 is 1.53. The van der Waals surface area contributed by atoms with Gasteiger partial charge in [0.2, 0.25) is 0 Å². The van der Waals surface area contributed by atoms with E-state index in [1.807, 2.05) is 0 Å². The van der Waals surface area contributed by atoms with E-state index in [1.54, 1.807) is 0 Å². The van der Waals surface area contributed by atoms with Gasteiger partial charge in [-0.25, -0.2) is 0 Å². The number of hydrogen-bond donors (Lipinski definition) is 0. The molecule has 0 aromatic carbocycles. The molecule has 0 aliphatic heterocycles. The van der Waals surface area contributed by atoms with E-state index >= 15 is 0 Å². The average Bonchev–Trinajstić information content (AvgIpc) is 2.77. The quantitative estimate of drug-likeness (QED) is 0.515. The second-order valence-corrected chi connectivity index (χ2v) is 5.52. The van der Waals surface area contributed by atoms with Crippen LogP contribution in [0.5, 0.6) is 0 Å². The predicted octanol–water partition coefficient (Wildman–Crippen LogP) is -2.02. The minimum Gasteiger partial charge on any atom is -1.00 e. The standard InChI is InChI=1S/C14H15.2ClH.Zr/c1-10(2)13-8-11(3)14(9-13)12-6-4-5-7-12;;;/h4-6,9H,7H2,1-3H3;2*1H;/q;;;+2/p-2. The molecule has 0 saturated carbocycles. The van der Waals surface area contributed by atoms with E-state index in [0.717, 1.165) is 6.42 Å². The first-order chi connectivity index (χ1) is 7.11. The fourth-order valence-corrected chi connectivity index (χ4v) is 3.16. The fraction of sp³-hybridized carbons (Fsp3) is 0.286. The predicted molar refractivity (Wildman–Crippen MR) is 61.0 cm³/mol. The van der Waals surface area contributed by atoms with Crippen molar-refractivity contribution in [2.24, 2.45) is 0 Å². The van der Waals surface area contributed by atoms with Crippen molar-refractivity contribution in [3.63, 3.8) is 0 Å². The fourth-order valence-electron chi connectivity index (χ4n) is 2.04. The minimum atomic E-state index is 0. The number of rotatable bonds is 1. The zero-order valence-corrected chi connectivity index (χ0v) is 14.2. The largest absolute Gasteiger partial charge is 1.00 e. The molecule has 0 fully saturated rings. The van der Waals surface area contributed by atoms with E-state index in [4.69, 9.17) is 0 Å². The molecule has 0 saturated heterocycles. The molecular formula is C14H15Cl2Zr. The van der Waals surface area contributed by atoms with Crippen molar-refractivity contribution in [3.8, 4) is 0 Å². The zero-order valence-electron chi connectivity index (χ0n) is 10.3. The number of allylic oxidation sites excluding steroid dienone is 10. The molecule has 0 unspecified atom stereocenters. The summed E-state index contributed by atoms with van der Waals surface area (Å²) in [4.78, 5) is 0. The van der Waals surface area contributed by atoms with Crippen molar-refractivity contribution in [3.05, 3.63) is 55.5 Å². The van der Waals surface area contributed by atoms with Crippen LogP contribution in [0.3, 0.4) is 0 Å². The first-order valence-corrected chi connectivity index (χ1v) is 6.52. The van der Waals surface area contributed by atoms with E-state index in [9.17, 15) is 0 Å². The summed E-state index contributed by atoms with van der Waals surface area (Å²) in [5.74, 6) is 0. The third kappa shape index (κ3) is 3.34. The molecule has 0 amide bonds.